The predicted molar refractivity (Wildman–Crippen MR) is 156 cm³/mol. The van der Waals surface area contributed by atoms with Gasteiger partial charge in [-0.25, -0.2) is 4.79 Å². The number of nitro benzene ring substituents is 1. The van der Waals surface area contributed by atoms with Crippen molar-refractivity contribution in [2.75, 3.05) is 38.7 Å². The van der Waals surface area contributed by atoms with Crippen molar-refractivity contribution >= 4 is 52.0 Å². The van der Waals surface area contributed by atoms with Crippen molar-refractivity contribution in [1.29, 1.82) is 0 Å². The van der Waals surface area contributed by atoms with Crippen molar-refractivity contribution in [3.8, 4) is 11.6 Å². The van der Waals surface area contributed by atoms with Crippen LogP contribution in [0.15, 0.2) is 55.0 Å². The van der Waals surface area contributed by atoms with Gasteiger partial charge in [0, 0.05) is 63.3 Å². The Labute approximate surface area is 254 Å². The second kappa shape index (κ2) is 13.0. The van der Waals surface area contributed by atoms with Crippen molar-refractivity contribution in [3.05, 3.63) is 70.1 Å². The molecular weight excluding hydrogens is 600 g/mol. The molecule has 2 atom stereocenters. The SMILES string of the molecule is C=C(COC(=O)Oc1ccc([N+](=O)[O-])cc1)C(=O)N1C[C@H](COc2nc(Nc3cnn(C)c3)nc3[nH]cc(Cl)c23)[C@@H](OC)C1. The van der Waals surface area contributed by atoms with E-state index in [1.165, 1.54) is 29.2 Å². The van der Waals surface area contributed by atoms with Gasteiger partial charge in [0.2, 0.25) is 11.8 Å². The summed E-state index contributed by atoms with van der Waals surface area (Å²) < 4.78 is 23.4. The highest BCUT2D eigenvalue weighted by molar-refractivity contribution is 6.35. The van der Waals surface area contributed by atoms with Gasteiger partial charge >= 0.3 is 6.16 Å². The maximum Gasteiger partial charge on any atom is 0.514 e. The van der Waals surface area contributed by atoms with E-state index in [1.807, 2.05) is 0 Å². The molecular formula is C27H27ClN8O8. The van der Waals surface area contributed by atoms with E-state index < -0.39 is 23.6 Å². The number of hydrogen-bond acceptors (Lipinski definition) is 12. The largest absolute Gasteiger partial charge is 0.514 e. The summed E-state index contributed by atoms with van der Waals surface area (Å²) in [5.74, 6) is -0.101. The van der Waals surface area contributed by atoms with Gasteiger partial charge in [-0.15, -0.1) is 0 Å². The fourth-order valence-electron chi connectivity index (χ4n) is 4.55. The molecule has 1 aliphatic rings. The lowest BCUT2D eigenvalue weighted by molar-refractivity contribution is -0.384. The van der Waals surface area contributed by atoms with E-state index in [9.17, 15) is 19.7 Å². The van der Waals surface area contributed by atoms with Crippen molar-refractivity contribution in [2.45, 2.75) is 6.10 Å². The van der Waals surface area contributed by atoms with Crippen molar-refractivity contribution in [2.24, 2.45) is 13.0 Å². The number of ether oxygens (including phenoxy) is 4. The molecule has 44 heavy (non-hydrogen) atoms. The zero-order valence-corrected chi connectivity index (χ0v) is 24.3. The number of carbonyl (C=O) groups excluding carboxylic acids is 2. The number of benzene rings is 1. The molecule has 2 N–H and O–H groups in total. The summed E-state index contributed by atoms with van der Waals surface area (Å²) in [5, 5.41) is 18.9. The molecule has 1 saturated heterocycles. The molecule has 1 amide bonds. The first-order chi connectivity index (χ1) is 21.1. The number of nitrogens with one attached hydrogen (secondary N) is 2. The summed E-state index contributed by atoms with van der Waals surface area (Å²) >= 11 is 6.38. The topological polar surface area (TPSA) is 189 Å². The summed E-state index contributed by atoms with van der Waals surface area (Å²) in [6.07, 6.45) is 3.54. The number of nitro groups is 1. The molecule has 0 radical (unpaired) electrons. The van der Waals surface area contributed by atoms with E-state index in [1.54, 1.807) is 37.4 Å². The van der Waals surface area contributed by atoms with Crippen LogP contribution in [-0.4, -0.2) is 86.1 Å². The summed E-state index contributed by atoms with van der Waals surface area (Å²) in [6.45, 7) is 4.00. The summed E-state index contributed by atoms with van der Waals surface area (Å²) in [5.41, 5.74) is 1.02. The predicted octanol–water partition coefficient (Wildman–Crippen LogP) is 3.62. The van der Waals surface area contributed by atoms with Crippen molar-refractivity contribution in [3.63, 3.8) is 0 Å². The fourth-order valence-corrected chi connectivity index (χ4v) is 4.78. The third-order valence-electron chi connectivity index (χ3n) is 6.73. The van der Waals surface area contributed by atoms with E-state index in [4.69, 9.17) is 30.5 Å². The number of halogens is 1. The molecule has 1 aliphatic heterocycles. The average Bonchev–Trinajstić information content (AvgIpc) is 3.72. The minimum absolute atomic E-state index is 0.0183. The number of hydrogen-bond donors (Lipinski definition) is 2. The zero-order chi connectivity index (χ0) is 31.4. The Morgan fingerprint density at radius 1 is 1.25 bits per heavy atom. The second-order valence-corrected chi connectivity index (χ2v) is 10.2. The molecule has 1 aromatic carbocycles. The smallest absolute Gasteiger partial charge is 0.477 e. The molecule has 16 nitrogen and oxygen atoms in total. The molecule has 230 valence electrons. The molecule has 0 bridgehead atoms. The maximum atomic E-state index is 13.1. The maximum absolute atomic E-state index is 13.1. The Bertz CT molecular complexity index is 1710. The van der Waals surface area contributed by atoms with E-state index in [0.29, 0.717) is 21.7 Å². The van der Waals surface area contributed by atoms with Gasteiger partial charge in [-0.2, -0.15) is 15.1 Å². The van der Waals surface area contributed by atoms with Gasteiger partial charge in [-0.1, -0.05) is 18.2 Å². The van der Waals surface area contributed by atoms with Gasteiger partial charge in [-0.3, -0.25) is 19.6 Å². The van der Waals surface area contributed by atoms with Crippen LogP contribution in [0.4, 0.5) is 22.1 Å². The van der Waals surface area contributed by atoms with E-state index >= 15 is 0 Å². The number of rotatable bonds is 11. The van der Waals surface area contributed by atoms with Crippen LogP contribution in [0.5, 0.6) is 11.6 Å². The van der Waals surface area contributed by atoms with Crippen LogP contribution in [0.3, 0.4) is 0 Å². The lowest BCUT2D eigenvalue weighted by Crippen LogP contribution is -2.32. The summed E-state index contributed by atoms with van der Waals surface area (Å²) in [4.78, 5) is 48.8. The lowest BCUT2D eigenvalue weighted by atomic mass is 10.1. The zero-order valence-electron chi connectivity index (χ0n) is 23.6. The number of carbonyl (C=O) groups is 2. The second-order valence-electron chi connectivity index (χ2n) is 9.79. The first-order valence-electron chi connectivity index (χ1n) is 13.1. The van der Waals surface area contributed by atoms with Gasteiger partial charge < -0.3 is 34.1 Å². The number of anilines is 2. The molecule has 0 saturated carbocycles. The number of non-ortho nitro benzene ring substituents is 1. The minimum Gasteiger partial charge on any atom is -0.477 e. The average molecular weight is 627 g/mol. The van der Waals surface area contributed by atoms with Gasteiger partial charge in [0.1, 0.15) is 18.0 Å². The number of H-pyrrole nitrogens is 1. The molecule has 4 heterocycles. The molecule has 0 unspecified atom stereocenters. The monoisotopic (exact) mass is 626 g/mol. The van der Waals surface area contributed by atoms with Gasteiger partial charge in [0.05, 0.1) is 39.9 Å². The highest BCUT2D eigenvalue weighted by Crippen LogP contribution is 2.32. The fraction of sp³-hybridized carbons (Fsp3) is 0.296. The number of amides is 1. The quantitative estimate of drug-likeness (QED) is 0.0810. The van der Waals surface area contributed by atoms with E-state index in [2.05, 4.69) is 31.9 Å². The molecule has 5 rings (SSSR count). The molecule has 3 aromatic heterocycles. The van der Waals surface area contributed by atoms with E-state index in [-0.39, 0.29) is 60.6 Å². The van der Waals surface area contributed by atoms with Crippen molar-refractivity contribution < 1.29 is 33.5 Å². The molecule has 1 fully saturated rings. The van der Waals surface area contributed by atoms with Gasteiger partial charge in [0.15, 0.2) is 0 Å². The first kappa shape index (κ1) is 30.2. The standard InChI is InChI=1S/C27H27ClN8O8/c1-15(13-43-27(38)44-19-6-4-18(5-7-19)36(39)40)25(37)35-10-16(21(12-35)41-3)14-42-24-22-20(28)9-29-23(22)32-26(33-24)31-17-8-30-34(2)11-17/h4-9,11,16,21H,1,10,12-14H2,2-3H3,(H2,29,31,32,33)/t16-,21+/m1/s1. The Morgan fingerprint density at radius 2 is 2.02 bits per heavy atom. The van der Waals surface area contributed by atoms with Crippen LogP contribution < -0.4 is 14.8 Å². The summed E-state index contributed by atoms with van der Waals surface area (Å²) in [7, 11) is 3.33. The Hall–Kier alpha value is -5.22. The number of aromatic amines is 1. The highest BCUT2D eigenvalue weighted by Gasteiger charge is 2.37. The van der Waals surface area contributed by atoms with Gasteiger partial charge in [0.25, 0.3) is 11.6 Å². The van der Waals surface area contributed by atoms with Crippen LogP contribution >= 0.6 is 11.6 Å². The first-order valence-corrected chi connectivity index (χ1v) is 13.5. The number of nitrogens with zero attached hydrogens (tertiary/aromatic N) is 6. The highest BCUT2D eigenvalue weighted by atomic mass is 35.5. The molecule has 4 aromatic rings. The number of methoxy groups -OCH3 is 1. The lowest BCUT2D eigenvalue weighted by Gasteiger charge is -2.18. The number of aryl methyl sites for hydroxylation is 1. The van der Waals surface area contributed by atoms with Crippen molar-refractivity contribution in [1.82, 2.24) is 29.6 Å². The molecule has 0 aliphatic carbocycles. The Kier molecular flexibility index (Phi) is 8.91. The third kappa shape index (κ3) is 6.87. The third-order valence-corrected chi connectivity index (χ3v) is 7.03. The van der Waals surface area contributed by atoms with Crippen LogP contribution in [0.1, 0.15) is 0 Å². The number of likely N-dealkylation sites (tertiary alicyclic amines) is 1. The van der Waals surface area contributed by atoms with Gasteiger partial charge in [-0.05, 0) is 12.1 Å². The number of fused-ring (bicyclic) bond motifs is 1. The number of aromatic nitrogens is 5. The van der Waals surface area contributed by atoms with Crippen LogP contribution in [0, 0.1) is 16.0 Å². The molecule has 0 spiro atoms. The van der Waals surface area contributed by atoms with Crippen LogP contribution in [0.25, 0.3) is 11.0 Å². The normalized spacial score (nSPS) is 16.1. The molecule has 17 heteroatoms. The Morgan fingerprint density at radius 3 is 2.70 bits per heavy atom. The van der Waals surface area contributed by atoms with E-state index in [0.717, 1.165) is 0 Å². The van der Waals surface area contributed by atoms with Crippen LogP contribution in [-0.2, 0) is 21.3 Å². The summed E-state index contributed by atoms with van der Waals surface area (Å²) in [6, 6.07) is 4.88. The minimum atomic E-state index is -1.09. The Balaban J connectivity index is 1.17. The van der Waals surface area contributed by atoms with Crippen LogP contribution in [0.2, 0.25) is 5.02 Å².